The maximum atomic E-state index is 13.1. The second-order valence-electron chi connectivity index (χ2n) is 10.6. The number of halogens is 1. The van der Waals surface area contributed by atoms with Crippen molar-refractivity contribution in [1.82, 2.24) is 10.6 Å². The standard InChI is InChI=1S/C33H43IN2O11/c1-5-22(3)27(35-31(39)44-17-24-13-9-7-10-14-24)29(37)42-19-26(47-33(41)46-21-34)20-43-30(38)28(23(4)6-2)36-32(40)45-18-25-15-11-8-12-16-25/h7-16,22-23,26-28H,5-6,17-21H2,1-4H3,(H,35,39)(H,36,40)/t22-,23-,27-,28-/m0/s1. The highest BCUT2D eigenvalue weighted by atomic mass is 127. The zero-order chi connectivity index (χ0) is 34.6. The molecule has 0 spiro atoms. The number of esters is 2. The molecule has 2 aromatic carbocycles. The van der Waals surface area contributed by atoms with E-state index < -0.39 is 61.7 Å². The molecule has 0 saturated carbocycles. The predicted molar refractivity (Wildman–Crippen MR) is 178 cm³/mol. The summed E-state index contributed by atoms with van der Waals surface area (Å²) >= 11 is 1.80. The number of benzene rings is 2. The Morgan fingerprint density at radius 1 is 0.638 bits per heavy atom. The van der Waals surface area contributed by atoms with Gasteiger partial charge in [0.05, 0.1) is 0 Å². The summed E-state index contributed by atoms with van der Waals surface area (Å²) in [5, 5.41) is 5.08. The van der Waals surface area contributed by atoms with Crippen LogP contribution in [0.5, 0.6) is 0 Å². The summed E-state index contributed by atoms with van der Waals surface area (Å²) in [6.45, 7) is 6.17. The smallest absolute Gasteiger partial charge is 0.460 e. The van der Waals surface area contributed by atoms with E-state index in [0.29, 0.717) is 12.8 Å². The fourth-order valence-electron chi connectivity index (χ4n) is 3.98. The van der Waals surface area contributed by atoms with Gasteiger partial charge < -0.3 is 39.1 Å². The van der Waals surface area contributed by atoms with E-state index in [1.807, 2.05) is 50.2 Å². The highest BCUT2D eigenvalue weighted by Gasteiger charge is 2.32. The lowest BCUT2D eigenvalue weighted by molar-refractivity contribution is -0.157. The first-order valence-corrected chi connectivity index (χ1v) is 16.8. The number of rotatable bonds is 18. The van der Waals surface area contributed by atoms with E-state index in [0.717, 1.165) is 11.1 Å². The maximum Gasteiger partial charge on any atom is 0.509 e. The van der Waals surface area contributed by atoms with Gasteiger partial charge in [0.1, 0.15) is 43.1 Å². The summed E-state index contributed by atoms with van der Waals surface area (Å²) in [6.07, 6.45) is -2.91. The van der Waals surface area contributed by atoms with Crippen molar-refractivity contribution in [2.45, 2.75) is 71.9 Å². The molecule has 0 unspecified atom stereocenters. The molecule has 0 aliphatic rings. The van der Waals surface area contributed by atoms with Gasteiger partial charge in [-0.2, -0.15) is 0 Å². The Kier molecular flexibility index (Phi) is 18.0. The number of hydrogen-bond acceptors (Lipinski definition) is 11. The van der Waals surface area contributed by atoms with E-state index in [-0.39, 0.29) is 29.7 Å². The summed E-state index contributed by atoms with van der Waals surface area (Å²) in [5.74, 6) is -2.29. The van der Waals surface area contributed by atoms with E-state index in [4.69, 9.17) is 28.4 Å². The second kappa shape index (κ2) is 21.7. The third-order valence-electron chi connectivity index (χ3n) is 7.16. The number of hydrogen-bond donors (Lipinski definition) is 2. The molecule has 47 heavy (non-hydrogen) atoms. The van der Waals surface area contributed by atoms with Crippen molar-refractivity contribution in [3.63, 3.8) is 0 Å². The molecule has 4 atom stereocenters. The van der Waals surface area contributed by atoms with Gasteiger partial charge in [-0.25, -0.2) is 24.0 Å². The van der Waals surface area contributed by atoms with Crippen LogP contribution in [0.2, 0.25) is 0 Å². The van der Waals surface area contributed by atoms with Gasteiger partial charge in [-0.3, -0.25) is 0 Å². The van der Waals surface area contributed by atoms with Gasteiger partial charge in [0, 0.05) is 0 Å². The van der Waals surface area contributed by atoms with Crippen LogP contribution >= 0.6 is 22.6 Å². The van der Waals surface area contributed by atoms with Crippen molar-refractivity contribution >= 4 is 52.9 Å². The molecule has 0 saturated heterocycles. The summed E-state index contributed by atoms with van der Waals surface area (Å²) in [7, 11) is 0. The van der Waals surface area contributed by atoms with Crippen LogP contribution < -0.4 is 10.6 Å². The van der Waals surface area contributed by atoms with Crippen LogP contribution in [0.15, 0.2) is 60.7 Å². The predicted octanol–water partition coefficient (Wildman–Crippen LogP) is 5.67. The summed E-state index contributed by atoms with van der Waals surface area (Å²) in [6, 6.07) is 15.9. The molecule has 0 aliphatic carbocycles. The van der Waals surface area contributed by atoms with Crippen molar-refractivity contribution in [2.75, 3.05) is 17.8 Å². The number of ether oxygens (including phenoxy) is 6. The molecule has 0 heterocycles. The van der Waals surface area contributed by atoms with Gasteiger partial charge in [0.25, 0.3) is 0 Å². The Hall–Kier alpha value is -4.08. The van der Waals surface area contributed by atoms with Crippen LogP contribution in [-0.4, -0.2) is 66.3 Å². The molecule has 2 N–H and O–H groups in total. The van der Waals surface area contributed by atoms with Crippen molar-refractivity contribution in [3.8, 4) is 0 Å². The van der Waals surface area contributed by atoms with Crippen LogP contribution in [0.4, 0.5) is 14.4 Å². The van der Waals surface area contributed by atoms with Crippen molar-refractivity contribution in [3.05, 3.63) is 71.8 Å². The summed E-state index contributed by atoms with van der Waals surface area (Å²) in [5.41, 5.74) is 1.54. The molecule has 0 bridgehead atoms. The Bertz CT molecular complexity index is 1180. The van der Waals surface area contributed by atoms with Gasteiger partial charge in [-0.05, 0) is 45.6 Å². The fraction of sp³-hybridized carbons (Fsp3) is 0.485. The number of carbonyl (C=O) groups excluding carboxylic acids is 5. The molecule has 2 rings (SSSR count). The molecular weight excluding hydrogens is 727 g/mol. The van der Waals surface area contributed by atoms with Gasteiger partial charge in [0.2, 0.25) is 0 Å². The van der Waals surface area contributed by atoms with E-state index in [1.165, 1.54) is 0 Å². The third kappa shape index (κ3) is 14.9. The monoisotopic (exact) mass is 770 g/mol. The molecule has 2 aromatic rings. The topological polar surface area (TPSA) is 165 Å². The van der Waals surface area contributed by atoms with E-state index >= 15 is 0 Å². The molecule has 14 heteroatoms. The van der Waals surface area contributed by atoms with Crippen LogP contribution in [0.1, 0.15) is 51.7 Å². The molecule has 0 aliphatic heterocycles. The number of alkyl halides is 1. The number of nitrogens with one attached hydrogen (secondary N) is 2. The normalized spacial score (nSPS) is 13.2. The third-order valence-corrected chi connectivity index (χ3v) is 7.48. The fourth-order valence-corrected chi connectivity index (χ4v) is 4.24. The molecule has 0 aromatic heterocycles. The van der Waals surface area contributed by atoms with Crippen molar-refractivity contribution < 1.29 is 52.4 Å². The average Bonchev–Trinajstić information content (AvgIpc) is 3.08. The Labute approximate surface area is 288 Å². The highest BCUT2D eigenvalue weighted by molar-refractivity contribution is 14.1. The molecule has 0 fully saturated rings. The first kappa shape index (κ1) is 39.1. The Morgan fingerprint density at radius 2 is 1.04 bits per heavy atom. The van der Waals surface area contributed by atoms with Gasteiger partial charge in [0.15, 0.2) is 6.10 Å². The molecule has 258 valence electrons. The highest BCUT2D eigenvalue weighted by Crippen LogP contribution is 2.14. The first-order valence-electron chi connectivity index (χ1n) is 15.2. The minimum atomic E-state index is -1.26. The van der Waals surface area contributed by atoms with E-state index in [1.54, 1.807) is 60.7 Å². The van der Waals surface area contributed by atoms with Crippen molar-refractivity contribution in [2.24, 2.45) is 11.8 Å². The quantitative estimate of drug-likeness (QED) is 0.0831. The van der Waals surface area contributed by atoms with Crippen molar-refractivity contribution in [1.29, 1.82) is 0 Å². The SMILES string of the molecule is CC[C@H](C)[C@H](NC(=O)OCc1ccccc1)C(=O)OCC(COC(=O)[C@@H](NC(=O)OCc1ccccc1)[C@@H](C)CC)OC(=O)OCI. The zero-order valence-electron chi connectivity index (χ0n) is 27.0. The average molecular weight is 771 g/mol. The zero-order valence-corrected chi connectivity index (χ0v) is 29.1. The lowest BCUT2D eigenvalue weighted by Gasteiger charge is -2.25. The molecule has 13 nitrogen and oxygen atoms in total. The summed E-state index contributed by atoms with van der Waals surface area (Å²) in [4.78, 5) is 63.3. The first-order chi connectivity index (χ1) is 22.6. The Balaban J connectivity index is 2.01. The van der Waals surface area contributed by atoms with Crippen LogP contribution in [0, 0.1) is 11.8 Å². The minimum absolute atomic E-state index is 0.00635. The lowest BCUT2D eigenvalue weighted by Crippen LogP contribution is -2.48. The van der Waals surface area contributed by atoms with Crippen LogP contribution in [0.3, 0.4) is 0 Å². The lowest BCUT2D eigenvalue weighted by atomic mass is 9.99. The second-order valence-corrected chi connectivity index (χ2v) is 11.3. The Morgan fingerprint density at radius 3 is 1.40 bits per heavy atom. The number of carbonyl (C=O) groups is 5. The van der Waals surface area contributed by atoms with Gasteiger partial charge in [-0.1, -0.05) is 101 Å². The molecular formula is C33H43IN2O11. The van der Waals surface area contributed by atoms with E-state index in [2.05, 4.69) is 10.6 Å². The molecule has 2 amide bonds. The van der Waals surface area contributed by atoms with Crippen LogP contribution in [-0.2, 0) is 51.2 Å². The van der Waals surface area contributed by atoms with Crippen LogP contribution in [0.25, 0.3) is 0 Å². The van der Waals surface area contributed by atoms with Gasteiger partial charge >= 0.3 is 30.3 Å². The number of alkyl carbamates (subject to hydrolysis) is 2. The minimum Gasteiger partial charge on any atom is -0.460 e. The maximum absolute atomic E-state index is 13.1. The largest absolute Gasteiger partial charge is 0.509 e. The van der Waals surface area contributed by atoms with Gasteiger partial charge in [-0.15, -0.1) is 0 Å². The number of amides is 2. The molecule has 0 radical (unpaired) electrons. The van der Waals surface area contributed by atoms with E-state index in [9.17, 15) is 24.0 Å². The summed E-state index contributed by atoms with van der Waals surface area (Å²) < 4.78 is 31.3.